The van der Waals surface area contributed by atoms with Crippen LogP contribution < -0.4 is 0 Å². The summed E-state index contributed by atoms with van der Waals surface area (Å²) in [7, 11) is 0. The lowest BCUT2D eigenvalue weighted by Crippen LogP contribution is -2.63. The van der Waals surface area contributed by atoms with E-state index < -0.39 is 68.0 Å². The van der Waals surface area contributed by atoms with Crippen molar-refractivity contribution in [1.82, 2.24) is 0 Å². The van der Waals surface area contributed by atoms with Gasteiger partial charge in [-0.05, 0) is 6.42 Å². The second kappa shape index (κ2) is 7.66. The van der Waals surface area contributed by atoms with E-state index in [-0.39, 0.29) is 6.42 Å². The van der Waals surface area contributed by atoms with Crippen LogP contribution in [0.4, 0.5) is 0 Å². The zero-order chi connectivity index (χ0) is 18.2. The lowest BCUT2D eigenvalue weighted by Gasteiger charge is -2.44. The molecule has 0 aromatic carbocycles. The van der Waals surface area contributed by atoms with Crippen LogP contribution in [0, 0.1) is 0 Å². The summed E-state index contributed by atoms with van der Waals surface area (Å²) in [6.07, 6.45) is -16.7. The van der Waals surface area contributed by atoms with Crippen molar-refractivity contribution in [2.45, 2.75) is 74.7 Å². The molecule has 4 unspecified atom stereocenters. The highest BCUT2D eigenvalue weighted by molar-refractivity contribution is 4.92. The maximum absolute atomic E-state index is 9.96. The SMILES string of the molecule is [2H][C@@]1(O[C@@H]2O[C@H](CC)[C@@H](O)C(O)C2O)OC(CO)[C@@H](O)[C@H](O)C1O. The van der Waals surface area contributed by atoms with Gasteiger partial charge in [-0.3, -0.25) is 0 Å². The molecule has 10 atom stereocenters. The largest absolute Gasteiger partial charge is 0.394 e. The van der Waals surface area contributed by atoms with Gasteiger partial charge in [-0.1, -0.05) is 6.92 Å². The Hall–Kier alpha value is -0.400. The topological polar surface area (TPSA) is 169 Å². The predicted molar refractivity (Wildman–Crippen MR) is 71.8 cm³/mol. The average molecular weight is 341 g/mol. The molecule has 0 bridgehead atoms. The molecule has 2 heterocycles. The van der Waals surface area contributed by atoms with Gasteiger partial charge in [-0.2, -0.15) is 0 Å². The highest BCUT2D eigenvalue weighted by Crippen LogP contribution is 2.28. The third kappa shape index (κ3) is 3.66. The fourth-order valence-corrected chi connectivity index (χ4v) is 2.54. The minimum Gasteiger partial charge on any atom is -0.394 e. The summed E-state index contributed by atoms with van der Waals surface area (Å²) in [5, 5.41) is 68.1. The molecular weight excluding hydrogens is 316 g/mol. The first-order valence-electron chi connectivity index (χ1n) is 7.86. The molecule has 23 heavy (non-hydrogen) atoms. The molecule has 2 fully saturated rings. The molecule has 2 aliphatic rings. The lowest BCUT2D eigenvalue weighted by atomic mass is 9.97. The molecule has 7 N–H and O–H groups in total. The molecule has 0 aromatic heterocycles. The Morgan fingerprint density at radius 2 is 1.39 bits per heavy atom. The van der Waals surface area contributed by atoms with Gasteiger partial charge in [-0.25, -0.2) is 0 Å². The van der Waals surface area contributed by atoms with Crippen LogP contribution in [-0.4, -0.2) is 104 Å². The van der Waals surface area contributed by atoms with Gasteiger partial charge in [0.15, 0.2) is 12.6 Å². The number of ether oxygens (including phenoxy) is 3. The van der Waals surface area contributed by atoms with Gasteiger partial charge in [0.2, 0.25) is 0 Å². The highest BCUT2D eigenvalue weighted by Gasteiger charge is 2.49. The van der Waals surface area contributed by atoms with Crippen LogP contribution in [-0.2, 0) is 14.2 Å². The first kappa shape index (κ1) is 17.4. The summed E-state index contributed by atoms with van der Waals surface area (Å²) < 4.78 is 23.4. The van der Waals surface area contributed by atoms with Gasteiger partial charge >= 0.3 is 0 Å². The highest BCUT2D eigenvalue weighted by atomic mass is 16.8. The summed E-state index contributed by atoms with van der Waals surface area (Å²) >= 11 is 0. The van der Waals surface area contributed by atoms with Gasteiger partial charge in [-0.15, -0.1) is 0 Å². The summed E-state index contributed by atoms with van der Waals surface area (Å²) in [6, 6.07) is 0. The molecule has 2 rings (SSSR count). The van der Waals surface area contributed by atoms with Gasteiger partial charge in [0, 0.05) is 0 Å². The number of hydrogen-bond donors (Lipinski definition) is 7. The number of hydrogen-bond acceptors (Lipinski definition) is 10. The standard InChI is InChI=1S/C13H24O10/c1-2-4-6(15)8(17)10(19)12(21-4)23-13-11(20)9(18)7(16)5(3-14)22-13/h4-20H,2-3H2,1H3/t4-,5?,6-,7-,8?,9+,10?,11?,12+,13+/m1/s1/i13D. The summed E-state index contributed by atoms with van der Waals surface area (Å²) in [5.74, 6) is 0. The zero-order valence-corrected chi connectivity index (χ0v) is 12.5. The quantitative estimate of drug-likeness (QED) is 0.268. The molecule has 10 heteroatoms. The van der Waals surface area contributed by atoms with Gasteiger partial charge in [0.05, 0.1) is 14.1 Å². The van der Waals surface area contributed by atoms with Crippen molar-refractivity contribution in [2.24, 2.45) is 0 Å². The normalized spacial score (nSPS) is 55.5. The minimum atomic E-state index is -2.68. The van der Waals surface area contributed by atoms with Crippen molar-refractivity contribution in [3.05, 3.63) is 0 Å². The van der Waals surface area contributed by atoms with Crippen LogP contribution >= 0.6 is 0 Å². The van der Waals surface area contributed by atoms with Gasteiger partial charge < -0.3 is 50.0 Å². The fourth-order valence-electron chi connectivity index (χ4n) is 2.54. The second-order valence-electron chi connectivity index (χ2n) is 5.62. The van der Waals surface area contributed by atoms with Crippen LogP contribution in [0.1, 0.15) is 14.7 Å². The minimum absolute atomic E-state index is 0.264. The van der Waals surface area contributed by atoms with Crippen LogP contribution in [0.15, 0.2) is 0 Å². The van der Waals surface area contributed by atoms with Crippen molar-refractivity contribution in [3.63, 3.8) is 0 Å². The average Bonchev–Trinajstić information content (AvgIpc) is 2.57. The Morgan fingerprint density at radius 3 is 1.96 bits per heavy atom. The smallest absolute Gasteiger partial charge is 0.189 e. The Kier molecular flexibility index (Phi) is 5.80. The van der Waals surface area contributed by atoms with Crippen molar-refractivity contribution in [2.75, 3.05) is 6.61 Å². The Labute approximate surface area is 133 Å². The fraction of sp³-hybridized carbons (Fsp3) is 1.00. The third-order valence-corrected chi connectivity index (χ3v) is 4.05. The summed E-state index contributed by atoms with van der Waals surface area (Å²) in [6.45, 7) is 0.891. The van der Waals surface area contributed by atoms with Crippen LogP contribution in [0.2, 0.25) is 0 Å². The van der Waals surface area contributed by atoms with E-state index in [0.29, 0.717) is 0 Å². The molecule has 136 valence electrons. The van der Waals surface area contributed by atoms with Crippen molar-refractivity contribution >= 4 is 0 Å². The third-order valence-electron chi connectivity index (χ3n) is 4.05. The van der Waals surface area contributed by atoms with E-state index in [2.05, 4.69) is 0 Å². The van der Waals surface area contributed by atoms with Gasteiger partial charge in [0.1, 0.15) is 42.7 Å². The molecule has 0 amide bonds. The maximum Gasteiger partial charge on any atom is 0.189 e. The van der Waals surface area contributed by atoms with Crippen molar-refractivity contribution in [3.8, 4) is 0 Å². The summed E-state index contributed by atoms with van der Waals surface area (Å²) in [5.41, 5.74) is 0. The second-order valence-corrected chi connectivity index (χ2v) is 5.62. The summed E-state index contributed by atoms with van der Waals surface area (Å²) in [4.78, 5) is 0. The number of rotatable bonds is 4. The first-order valence-corrected chi connectivity index (χ1v) is 7.36. The molecule has 10 nitrogen and oxygen atoms in total. The number of aliphatic hydroxyl groups is 7. The lowest BCUT2D eigenvalue weighted by molar-refractivity contribution is -0.375. The zero-order valence-electron chi connectivity index (χ0n) is 13.5. The van der Waals surface area contributed by atoms with Gasteiger partial charge in [0.25, 0.3) is 0 Å². The van der Waals surface area contributed by atoms with Crippen molar-refractivity contribution < 1.29 is 51.3 Å². The molecule has 0 aliphatic carbocycles. The predicted octanol–water partition coefficient (Wildman–Crippen LogP) is -3.98. The molecule has 2 aliphatic heterocycles. The van der Waals surface area contributed by atoms with E-state index in [1.54, 1.807) is 6.92 Å². The Balaban J connectivity index is 2.18. The Morgan fingerprint density at radius 1 is 0.826 bits per heavy atom. The maximum atomic E-state index is 9.96. The van der Waals surface area contributed by atoms with E-state index in [4.69, 9.17) is 20.7 Å². The molecule has 0 aromatic rings. The molecule has 0 saturated carbocycles. The van der Waals surface area contributed by atoms with Crippen LogP contribution in [0.25, 0.3) is 0 Å². The van der Waals surface area contributed by atoms with E-state index >= 15 is 0 Å². The van der Waals surface area contributed by atoms with Crippen LogP contribution in [0.5, 0.6) is 0 Å². The molecular formula is C13H24O10. The monoisotopic (exact) mass is 341 g/mol. The molecule has 2 saturated heterocycles. The molecule has 0 radical (unpaired) electrons. The van der Waals surface area contributed by atoms with Crippen molar-refractivity contribution in [1.29, 1.82) is 0 Å². The first-order chi connectivity index (χ1) is 11.2. The molecule has 0 spiro atoms. The Bertz CT molecular complexity index is 424. The van der Waals surface area contributed by atoms with E-state index in [1.807, 2.05) is 0 Å². The van der Waals surface area contributed by atoms with Crippen LogP contribution in [0.3, 0.4) is 0 Å². The van der Waals surface area contributed by atoms with E-state index in [1.165, 1.54) is 0 Å². The van der Waals surface area contributed by atoms with E-state index in [0.717, 1.165) is 0 Å². The number of aliphatic hydroxyl groups excluding tert-OH is 7. The van der Waals surface area contributed by atoms with E-state index in [9.17, 15) is 30.6 Å².